The van der Waals surface area contributed by atoms with Gasteiger partial charge >= 0.3 is 0 Å². The quantitative estimate of drug-likeness (QED) is 0.366. The summed E-state index contributed by atoms with van der Waals surface area (Å²) < 4.78 is 12.1. The zero-order chi connectivity index (χ0) is 29.3. The highest BCUT2D eigenvalue weighted by atomic mass is 16.5. The van der Waals surface area contributed by atoms with Crippen molar-refractivity contribution in [2.45, 2.75) is 43.4 Å². The van der Waals surface area contributed by atoms with Crippen LogP contribution in [0.3, 0.4) is 0 Å². The first kappa shape index (κ1) is 28.2. The summed E-state index contributed by atoms with van der Waals surface area (Å²) in [6.07, 6.45) is 9.96. The number of amides is 3. The lowest BCUT2D eigenvalue weighted by molar-refractivity contribution is -0.140. The lowest BCUT2D eigenvalue weighted by atomic mass is 9.77. The van der Waals surface area contributed by atoms with Crippen LogP contribution in [0.4, 0.5) is 11.4 Å². The average molecular weight is 572 g/mol. The van der Waals surface area contributed by atoms with Gasteiger partial charge in [-0.05, 0) is 49.2 Å². The third kappa shape index (κ3) is 4.70. The number of hydrogen-bond donors (Lipinski definition) is 1. The molecule has 42 heavy (non-hydrogen) atoms. The largest absolute Gasteiger partial charge is 0.497 e. The second kappa shape index (κ2) is 11.7. The van der Waals surface area contributed by atoms with Gasteiger partial charge in [0.2, 0.25) is 11.8 Å². The van der Waals surface area contributed by atoms with Gasteiger partial charge < -0.3 is 29.3 Å². The van der Waals surface area contributed by atoms with Crippen molar-refractivity contribution >= 4 is 29.1 Å². The smallest absolute Gasteiger partial charge is 0.253 e. The molecule has 4 aliphatic rings. The van der Waals surface area contributed by atoms with Crippen LogP contribution in [0.2, 0.25) is 0 Å². The molecular formula is C33H37N3O6. The van der Waals surface area contributed by atoms with Gasteiger partial charge in [0.25, 0.3) is 5.91 Å². The summed E-state index contributed by atoms with van der Waals surface area (Å²) in [5, 5.41) is 9.19. The molecule has 1 spiro atoms. The normalized spacial score (nSPS) is 28.4. The standard InChI is InChI=1S/C33H37N3O6/c1-41-25-16-14-24(15-17-25)35-21-10-18-33-28(31(39)36(29(33)32(35)40)19-7-2-3-8-22-37)27-26(42-33)13-9-20-34(30(27)38)23-11-5-4-6-12-23/h4-6,9-18,26-29,37H,2-3,7-8,19-22H2,1H3/t26-,27+,28-,29?,33-/m0/s1. The molecule has 4 heterocycles. The first-order valence-corrected chi connectivity index (χ1v) is 14.8. The molecule has 0 radical (unpaired) electrons. The van der Waals surface area contributed by atoms with E-state index in [2.05, 4.69) is 0 Å². The lowest BCUT2D eigenvalue weighted by Gasteiger charge is -2.35. The molecule has 6 rings (SSSR count). The lowest BCUT2D eigenvalue weighted by Crippen LogP contribution is -2.55. The van der Waals surface area contributed by atoms with Crippen molar-refractivity contribution in [2.75, 3.05) is 43.2 Å². The Balaban J connectivity index is 1.38. The number of carbonyl (C=O) groups is 3. The minimum atomic E-state index is -1.27. The molecule has 3 amide bonds. The predicted octanol–water partition coefficient (Wildman–Crippen LogP) is 3.33. The Hall–Kier alpha value is -3.95. The Bertz CT molecular complexity index is 1380. The summed E-state index contributed by atoms with van der Waals surface area (Å²) in [7, 11) is 1.59. The number of anilines is 2. The van der Waals surface area contributed by atoms with Crippen molar-refractivity contribution in [3.05, 3.63) is 78.9 Å². The van der Waals surface area contributed by atoms with Crippen LogP contribution in [0.25, 0.3) is 0 Å². The molecule has 2 aromatic carbocycles. The van der Waals surface area contributed by atoms with Crippen molar-refractivity contribution in [1.29, 1.82) is 0 Å². The van der Waals surface area contributed by atoms with E-state index in [1.807, 2.05) is 66.8 Å². The first-order valence-electron chi connectivity index (χ1n) is 14.8. The van der Waals surface area contributed by atoms with Crippen LogP contribution in [0.5, 0.6) is 5.75 Å². The highest BCUT2D eigenvalue weighted by Gasteiger charge is 2.71. The molecule has 2 fully saturated rings. The Kier molecular flexibility index (Phi) is 7.88. The third-order valence-corrected chi connectivity index (χ3v) is 8.92. The van der Waals surface area contributed by atoms with E-state index in [-0.39, 0.29) is 24.3 Å². The molecule has 5 atom stereocenters. The third-order valence-electron chi connectivity index (χ3n) is 8.92. The summed E-state index contributed by atoms with van der Waals surface area (Å²) >= 11 is 0. The van der Waals surface area contributed by atoms with E-state index >= 15 is 0 Å². The fourth-order valence-corrected chi connectivity index (χ4v) is 6.96. The Morgan fingerprint density at radius 3 is 2.29 bits per heavy atom. The number of likely N-dealkylation sites (tertiary alicyclic amines) is 1. The number of hydrogen-bond acceptors (Lipinski definition) is 6. The number of aliphatic hydroxyl groups is 1. The molecule has 0 bridgehead atoms. The summed E-state index contributed by atoms with van der Waals surface area (Å²) in [6, 6.07) is 15.8. The van der Waals surface area contributed by atoms with Crippen molar-refractivity contribution in [2.24, 2.45) is 11.8 Å². The van der Waals surface area contributed by atoms with E-state index in [0.29, 0.717) is 43.9 Å². The number of ether oxygens (including phenoxy) is 2. The number of fused-ring (bicyclic) bond motifs is 2. The maximum absolute atomic E-state index is 14.5. The number of aliphatic hydroxyl groups excluding tert-OH is 1. The van der Waals surface area contributed by atoms with Crippen LogP contribution in [-0.4, -0.2) is 78.8 Å². The van der Waals surface area contributed by atoms with Crippen molar-refractivity contribution < 1.29 is 29.0 Å². The van der Waals surface area contributed by atoms with Gasteiger partial charge in [-0.2, -0.15) is 0 Å². The van der Waals surface area contributed by atoms with E-state index in [1.165, 1.54) is 0 Å². The molecule has 2 aromatic rings. The Morgan fingerprint density at radius 2 is 1.55 bits per heavy atom. The first-order chi connectivity index (χ1) is 20.5. The number of unbranched alkanes of at least 4 members (excludes halogenated alkanes) is 3. The van der Waals surface area contributed by atoms with Gasteiger partial charge in [-0.15, -0.1) is 0 Å². The Morgan fingerprint density at radius 1 is 0.857 bits per heavy atom. The molecule has 0 aliphatic carbocycles. The fourth-order valence-electron chi connectivity index (χ4n) is 6.96. The summed E-state index contributed by atoms with van der Waals surface area (Å²) in [5.74, 6) is -1.54. The highest BCUT2D eigenvalue weighted by Crippen LogP contribution is 2.54. The fraction of sp³-hybridized carbons (Fsp3) is 0.424. The molecule has 220 valence electrons. The number of carbonyl (C=O) groups excluding carboxylic acids is 3. The van der Waals surface area contributed by atoms with Gasteiger partial charge in [0, 0.05) is 37.6 Å². The van der Waals surface area contributed by atoms with Crippen LogP contribution in [-0.2, 0) is 19.1 Å². The van der Waals surface area contributed by atoms with Gasteiger partial charge in [-0.25, -0.2) is 0 Å². The minimum absolute atomic E-state index is 0.126. The zero-order valence-corrected chi connectivity index (χ0v) is 23.8. The number of nitrogens with zero attached hydrogens (tertiary/aromatic N) is 3. The summed E-state index contributed by atoms with van der Waals surface area (Å²) in [4.78, 5) is 48.1. The molecule has 9 nitrogen and oxygen atoms in total. The average Bonchev–Trinajstić information content (AvgIpc) is 3.32. The predicted molar refractivity (Wildman–Crippen MR) is 158 cm³/mol. The maximum atomic E-state index is 14.5. The van der Waals surface area contributed by atoms with Crippen LogP contribution >= 0.6 is 0 Å². The zero-order valence-electron chi connectivity index (χ0n) is 23.8. The molecule has 1 N–H and O–H groups in total. The van der Waals surface area contributed by atoms with Crippen LogP contribution < -0.4 is 14.5 Å². The summed E-state index contributed by atoms with van der Waals surface area (Å²) in [6.45, 7) is 1.19. The van der Waals surface area contributed by atoms with E-state index < -0.39 is 29.6 Å². The number of methoxy groups -OCH3 is 1. The molecule has 0 aromatic heterocycles. The molecule has 9 heteroatoms. The van der Waals surface area contributed by atoms with E-state index in [4.69, 9.17) is 9.47 Å². The van der Waals surface area contributed by atoms with Crippen LogP contribution in [0, 0.1) is 11.8 Å². The van der Waals surface area contributed by atoms with Crippen molar-refractivity contribution in [1.82, 2.24) is 4.90 Å². The summed E-state index contributed by atoms with van der Waals surface area (Å²) in [5.41, 5.74) is 0.185. The second-order valence-electron chi connectivity index (χ2n) is 11.3. The maximum Gasteiger partial charge on any atom is 0.253 e. The van der Waals surface area contributed by atoms with E-state index in [0.717, 1.165) is 18.5 Å². The molecule has 1 unspecified atom stereocenters. The Labute approximate surface area is 246 Å². The number of rotatable bonds is 9. The van der Waals surface area contributed by atoms with Crippen LogP contribution in [0.1, 0.15) is 25.7 Å². The van der Waals surface area contributed by atoms with E-state index in [9.17, 15) is 19.5 Å². The van der Waals surface area contributed by atoms with Gasteiger partial charge in [0.1, 0.15) is 17.4 Å². The van der Waals surface area contributed by atoms with Gasteiger partial charge in [0.15, 0.2) is 0 Å². The van der Waals surface area contributed by atoms with Gasteiger partial charge in [-0.3, -0.25) is 14.4 Å². The van der Waals surface area contributed by atoms with E-state index in [1.54, 1.807) is 33.9 Å². The molecule has 2 saturated heterocycles. The monoisotopic (exact) mass is 571 g/mol. The second-order valence-corrected chi connectivity index (χ2v) is 11.3. The number of para-hydroxylation sites is 1. The minimum Gasteiger partial charge on any atom is -0.497 e. The van der Waals surface area contributed by atoms with Gasteiger partial charge in [-0.1, -0.05) is 55.3 Å². The molecule has 4 aliphatic heterocycles. The van der Waals surface area contributed by atoms with Crippen molar-refractivity contribution in [3.63, 3.8) is 0 Å². The van der Waals surface area contributed by atoms with Crippen molar-refractivity contribution in [3.8, 4) is 5.75 Å². The SMILES string of the molecule is COc1ccc(N2CC=C[C@]34O[C@H]5C=CCN(c6ccccc6)C(=O)[C@H]5[C@H]3C(=O)N(CCCCCCO)C4C2=O)cc1. The number of benzene rings is 2. The highest BCUT2D eigenvalue weighted by molar-refractivity contribution is 6.07. The molecular weight excluding hydrogens is 534 g/mol. The van der Waals surface area contributed by atoms with Gasteiger partial charge in [0.05, 0.1) is 25.0 Å². The molecule has 0 saturated carbocycles. The van der Waals surface area contributed by atoms with Crippen LogP contribution in [0.15, 0.2) is 78.9 Å². The topological polar surface area (TPSA) is 99.6 Å².